The Morgan fingerprint density at radius 1 is 1.00 bits per heavy atom. The summed E-state index contributed by atoms with van der Waals surface area (Å²) in [6.07, 6.45) is -0.905. The van der Waals surface area contributed by atoms with Crippen molar-refractivity contribution in [3.63, 3.8) is 0 Å². The molecule has 0 saturated carbocycles. The fraction of sp³-hybridized carbons (Fsp3) is 0.318. The smallest absolute Gasteiger partial charge is 0.339 e. The monoisotopic (exact) mass is 399 g/mol. The maximum atomic E-state index is 12.6. The van der Waals surface area contributed by atoms with E-state index in [1.54, 1.807) is 43.3 Å². The summed E-state index contributed by atoms with van der Waals surface area (Å²) in [6, 6.07) is 14.1. The minimum atomic E-state index is -0.905. The molecule has 0 aromatic heterocycles. The lowest BCUT2D eigenvalue weighted by Gasteiger charge is -2.14. The number of hydrogen-bond donors (Lipinski definition) is 1. The minimum absolute atomic E-state index is 0.0574. The molecule has 2 aromatic carbocycles. The van der Waals surface area contributed by atoms with E-state index < -0.39 is 12.1 Å². The normalized spacial score (nSPS) is 11.8. The second kappa shape index (κ2) is 10.1. The summed E-state index contributed by atoms with van der Waals surface area (Å²) in [5, 5.41) is 2.81. The van der Waals surface area contributed by atoms with Crippen molar-refractivity contribution in [2.45, 2.75) is 44.7 Å². The van der Waals surface area contributed by atoms with Gasteiger partial charge in [0.15, 0.2) is 6.10 Å². The first-order valence-electron chi connectivity index (χ1n) is 9.11. The van der Waals surface area contributed by atoms with Crippen LogP contribution in [0.4, 0.5) is 0 Å². The van der Waals surface area contributed by atoms with Gasteiger partial charge >= 0.3 is 5.97 Å². The molecule has 1 amide bonds. The van der Waals surface area contributed by atoms with Crippen LogP contribution in [0.2, 0.25) is 0 Å². The molecule has 0 aliphatic heterocycles. The number of rotatable bonds is 8. The van der Waals surface area contributed by atoms with E-state index in [-0.39, 0.29) is 23.5 Å². The molecule has 0 fully saturated rings. The van der Waals surface area contributed by atoms with Crippen LogP contribution in [0.15, 0.2) is 53.4 Å². The number of amides is 1. The van der Waals surface area contributed by atoms with Gasteiger partial charge in [-0.2, -0.15) is 0 Å². The molecule has 28 heavy (non-hydrogen) atoms. The molecule has 0 unspecified atom stereocenters. The summed E-state index contributed by atoms with van der Waals surface area (Å²) < 4.78 is 5.39. The Labute approximate surface area is 169 Å². The highest BCUT2D eigenvalue weighted by Gasteiger charge is 2.22. The van der Waals surface area contributed by atoms with Crippen LogP contribution in [0, 0.1) is 6.92 Å². The van der Waals surface area contributed by atoms with Gasteiger partial charge in [0, 0.05) is 16.5 Å². The van der Waals surface area contributed by atoms with Crippen LogP contribution in [0.3, 0.4) is 0 Å². The molecule has 148 valence electrons. The Balaban J connectivity index is 2.04. The quantitative estimate of drug-likeness (QED) is 0.412. The third-order valence-electron chi connectivity index (χ3n) is 3.90. The van der Waals surface area contributed by atoms with Crippen molar-refractivity contribution in [1.82, 2.24) is 5.32 Å². The number of thioether (sulfide) groups is 1. The fourth-order valence-electron chi connectivity index (χ4n) is 2.50. The van der Waals surface area contributed by atoms with Crippen molar-refractivity contribution in [1.29, 1.82) is 0 Å². The maximum Gasteiger partial charge on any atom is 0.339 e. The molecule has 2 aromatic rings. The first-order chi connectivity index (χ1) is 13.3. The van der Waals surface area contributed by atoms with Crippen LogP contribution < -0.4 is 5.32 Å². The first-order valence-corrected chi connectivity index (χ1v) is 10.1. The number of hydrogen-bond acceptors (Lipinski definition) is 5. The Morgan fingerprint density at radius 2 is 1.64 bits per heavy atom. The lowest BCUT2D eigenvalue weighted by molar-refractivity contribution is -0.119. The number of carbonyl (C=O) groups excluding carboxylic acids is 3. The lowest BCUT2D eigenvalue weighted by Crippen LogP contribution is -2.31. The van der Waals surface area contributed by atoms with E-state index in [0.717, 1.165) is 5.56 Å². The number of carbonyl (C=O) groups is 3. The molecule has 0 saturated heterocycles. The van der Waals surface area contributed by atoms with Crippen LogP contribution in [0.25, 0.3) is 0 Å². The predicted molar refractivity (Wildman–Crippen MR) is 111 cm³/mol. The Hall–Kier alpha value is -2.60. The Bertz CT molecular complexity index is 846. The van der Waals surface area contributed by atoms with Gasteiger partial charge in [-0.05, 0) is 39.8 Å². The molecule has 0 radical (unpaired) electrons. The van der Waals surface area contributed by atoms with Crippen LogP contribution in [0.5, 0.6) is 0 Å². The van der Waals surface area contributed by atoms with Crippen molar-refractivity contribution < 1.29 is 19.1 Å². The summed E-state index contributed by atoms with van der Waals surface area (Å²) in [5.74, 6) is -0.749. The highest BCUT2D eigenvalue weighted by Crippen LogP contribution is 2.24. The summed E-state index contributed by atoms with van der Waals surface area (Å²) >= 11 is 1.26. The predicted octanol–water partition coefficient (Wildman–Crippen LogP) is 4.04. The van der Waals surface area contributed by atoms with E-state index in [1.165, 1.54) is 11.8 Å². The number of benzene rings is 2. The van der Waals surface area contributed by atoms with E-state index in [4.69, 9.17) is 4.74 Å². The highest BCUT2D eigenvalue weighted by atomic mass is 32.2. The van der Waals surface area contributed by atoms with Crippen molar-refractivity contribution in [2.75, 3.05) is 5.75 Å². The van der Waals surface area contributed by atoms with E-state index in [9.17, 15) is 14.4 Å². The Kier molecular flexibility index (Phi) is 7.81. The topological polar surface area (TPSA) is 72.5 Å². The van der Waals surface area contributed by atoms with Gasteiger partial charge in [0.1, 0.15) is 0 Å². The zero-order chi connectivity index (χ0) is 20.7. The summed E-state index contributed by atoms with van der Waals surface area (Å²) in [6.45, 7) is 7.28. The zero-order valence-electron chi connectivity index (χ0n) is 16.5. The van der Waals surface area contributed by atoms with Gasteiger partial charge in [0.2, 0.25) is 11.7 Å². The number of ether oxygens (including phenoxy) is 1. The number of nitrogens with one attached hydrogen (secondary N) is 1. The standard InChI is InChI=1S/C22H25NO4S/c1-14(2)23-20(24)13-28-19-8-6-5-7-18(19)22(26)27-16(4)21(25)17-11-9-15(3)10-12-17/h5-12,14,16H,13H2,1-4H3,(H,23,24)/t16-/m1/s1. The summed E-state index contributed by atoms with van der Waals surface area (Å²) in [4.78, 5) is 37.6. The molecule has 2 rings (SSSR count). The molecule has 5 nitrogen and oxygen atoms in total. The molecule has 0 heterocycles. The highest BCUT2D eigenvalue weighted by molar-refractivity contribution is 8.00. The molecule has 0 aliphatic rings. The van der Waals surface area contributed by atoms with Gasteiger partial charge in [-0.1, -0.05) is 42.0 Å². The van der Waals surface area contributed by atoms with Gasteiger partial charge in [-0.15, -0.1) is 11.8 Å². The molecule has 0 spiro atoms. The van der Waals surface area contributed by atoms with Gasteiger partial charge in [0.05, 0.1) is 11.3 Å². The average molecular weight is 400 g/mol. The van der Waals surface area contributed by atoms with E-state index in [1.807, 2.05) is 32.9 Å². The average Bonchev–Trinajstić information content (AvgIpc) is 2.66. The van der Waals surface area contributed by atoms with Crippen LogP contribution >= 0.6 is 11.8 Å². The second-order valence-corrected chi connectivity index (χ2v) is 7.80. The number of ketones is 1. The van der Waals surface area contributed by atoms with Crippen molar-refractivity contribution in [3.05, 3.63) is 65.2 Å². The third kappa shape index (κ3) is 6.23. The molecule has 1 atom stereocenters. The van der Waals surface area contributed by atoms with E-state index in [0.29, 0.717) is 16.0 Å². The van der Waals surface area contributed by atoms with Crippen molar-refractivity contribution in [2.24, 2.45) is 0 Å². The lowest BCUT2D eigenvalue weighted by atomic mass is 10.1. The third-order valence-corrected chi connectivity index (χ3v) is 4.98. The van der Waals surface area contributed by atoms with E-state index in [2.05, 4.69) is 5.32 Å². The first kappa shape index (κ1) is 21.7. The van der Waals surface area contributed by atoms with Crippen LogP contribution in [-0.4, -0.2) is 35.6 Å². The Morgan fingerprint density at radius 3 is 2.29 bits per heavy atom. The summed E-state index contributed by atoms with van der Waals surface area (Å²) in [7, 11) is 0. The molecular weight excluding hydrogens is 374 g/mol. The molecule has 6 heteroatoms. The van der Waals surface area contributed by atoms with Crippen LogP contribution in [-0.2, 0) is 9.53 Å². The number of Topliss-reactive ketones (excluding diaryl/α,β-unsaturated/α-hetero) is 1. The van der Waals surface area contributed by atoms with Gasteiger partial charge in [0.25, 0.3) is 0 Å². The van der Waals surface area contributed by atoms with Gasteiger partial charge < -0.3 is 10.1 Å². The largest absolute Gasteiger partial charge is 0.451 e. The van der Waals surface area contributed by atoms with E-state index >= 15 is 0 Å². The molecule has 0 aliphatic carbocycles. The molecule has 0 bridgehead atoms. The number of aryl methyl sites for hydroxylation is 1. The molecular formula is C22H25NO4S. The van der Waals surface area contributed by atoms with Crippen LogP contribution in [0.1, 0.15) is 47.1 Å². The maximum absolute atomic E-state index is 12.6. The second-order valence-electron chi connectivity index (χ2n) is 6.78. The minimum Gasteiger partial charge on any atom is -0.451 e. The zero-order valence-corrected chi connectivity index (χ0v) is 17.3. The summed E-state index contributed by atoms with van der Waals surface area (Å²) in [5.41, 5.74) is 1.89. The van der Waals surface area contributed by atoms with Crippen molar-refractivity contribution in [3.8, 4) is 0 Å². The van der Waals surface area contributed by atoms with Gasteiger partial charge in [-0.3, -0.25) is 9.59 Å². The fourth-order valence-corrected chi connectivity index (χ4v) is 3.35. The van der Waals surface area contributed by atoms with Gasteiger partial charge in [-0.25, -0.2) is 4.79 Å². The molecule has 1 N–H and O–H groups in total. The van der Waals surface area contributed by atoms with Crippen molar-refractivity contribution >= 4 is 29.4 Å². The number of esters is 1. The SMILES string of the molecule is Cc1ccc(C(=O)[C@@H](C)OC(=O)c2ccccc2SCC(=O)NC(C)C)cc1.